The molecule has 5 heteroatoms. The Hall–Kier alpha value is -2.56. The molecule has 0 saturated heterocycles. The fourth-order valence-electron chi connectivity index (χ4n) is 2.17. The van der Waals surface area contributed by atoms with E-state index < -0.39 is 0 Å². The molecule has 0 atom stereocenters. The van der Waals surface area contributed by atoms with Crippen molar-refractivity contribution in [2.45, 2.75) is 19.8 Å². The predicted molar refractivity (Wildman–Crippen MR) is 79.7 cm³/mol. The number of imidazole rings is 1. The highest BCUT2D eigenvalue weighted by Crippen LogP contribution is 2.15. The number of aromatic amines is 3. The molecule has 5 nitrogen and oxygen atoms in total. The van der Waals surface area contributed by atoms with Gasteiger partial charge in [-0.25, -0.2) is 4.98 Å². The van der Waals surface area contributed by atoms with Crippen LogP contribution in [0.4, 0.5) is 0 Å². The van der Waals surface area contributed by atoms with E-state index in [4.69, 9.17) is 0 Å². The monoisotopic (exact) mass is 268 g/mol. The number of rotatable bonds is 3. The van der Waals surface area contributed by atoms with Gasteiger partial charge in [0.25, 0.3) is 5.56 Å². The van der Waals surface area contributed by atoms with E-state index in [1.165, 1.54) is 0 Å². The van der Waals surface area contributed by atoms with Gasteiger partial charge in [-0.05, 0) is 30.7 Å². The SMILES string of the molecule is CCCC=c1[nH]c(=O)c(=Cc2c[nH]c3ncccc23)[nH]1. The first-order valence-electron chi connectivity index (χ1n) is 6.70. The Labute approximate surface area is 115 Å². The number of unbranched alkanes of at least 4 members (excludes halogenated alkanes) is 1. The number of pyridine rings is 1. The van der Waals surface area contributed by atoms with Crippen LogP contribution in [0.15, 0.2) is 29.3 Å². The van der Waals surface area contributed by atoms with Gasteiger partial charge < -0.3 is 15.0 Å². The molecule has 0 aliphatic rings. The van der Waals surface area contributed by atoms with Crippen LogP contribution in [0, 0.1) is 0 Å². The normalized spacial score (nSPS) is 13.4. The van der Waals surface area contributed by atoms with Gasteiger partial charge in [-0.15, -0.1) is 0 Å². The lowest BCUT2D eigenvalue weighted by Gasteiger charge is -1.88. The van der Waals surface area contributed by atoms with E-state index in [0.717, 1.165) is 34.9 Å². The number of hydrogen-bond acceptors (Lipinski definition) is 2. The van der Waals surface area contributed by atoms with Crippen molar-refractivity contribution in [3.63, 3.8) is 0 Å². The maximum atomic E-state index is 11.9. The van der Waals surface area contributed by atoms with Crippen molar-refractivity contribution < 1.29 is 0 Å². The van der Waals surface area contributed by atoms with Crippen molar-refractivity contribution in [1.29, 1.82) is 0 Å². The molecule has 0 radical (unpaired) electrons. The minimum Gasteiger partial charge on any atom is -0.346 e. The summed E-state index contributed by atoms with van der Waals surface area (Å²) < 4.78 is 0. The third-order valence-corrected chi connectivity index (χ3v) is 3.18. The van der Waals surface area contributed by atoms with Crippen LogP contribution >= 0.6 is 0 Å². The van der Waals surface area contributed by atoms with Crippen LogP contribution in [0.1, 0.15) is 25.3 Å². The summed E-state index contributed by atoms with van der Waals surface area (Å²) >= 11 is 0. The molecule has 0 aliphatic carbocycles. The number of hydrogen-bond donors (Lipinski definition) is 3. The second-order valence-corrected chi connectivity index (χ2v) is 4.69. The Morgan fingerprint density at radius 3 is 3.10 bits per heavy atom. The molecule has 3 aromatic heterocycles. The molecule has 20 heavy (non-hydrogen) atoms. The van der Waals surface area contributed by atoms with Crippen LogP contribution in [0.25, 0.3) is 23.2 Å². The van der Waals surface area contributed by atoms with E-state index >= 15 is 0 Å². The highest BCUT2D eigenvalue weighted by atomic mass is 16.1. The summed E-state index contributed by atoms with van der Waals surface area (Å²) in [7, 11) is 0. The van der Waals surface area contributed by atoms with Crippen LogP contribution in [0.2, 0.25) is 0 Å². The molecule has 3 heterocycles. The van der Waals surface area contributed by atoms with E-state index in [1.54, 1.807) is 6.20 Å². The number of H-pyrrole nitrogens is 3. The van der Waals surface area contributed by atoms with E-state index in [0.29, 0.717) is 5.35 Å². The number of nitrogens with zero attached hydrogens (tertiary/aromatic N) is 1. The van der Waals surface area contributed by atoms with Gasteiger partial charge in [-0.2, -0.15) is 0 Å². The van der Waals surface area contributed by atoms with E-state index in [-0.39, 0.29) is 5.56 Å². The second-order valence-electron chi connectivity index (χ2n) is 4.69. The van der Waals surface area contributed by atoms with Crippen LogP contribution in [0.5, 0.6) is 0 Å². The van der Waals surface area contributed by atoms with Crippen LogP contribution < -0.4 is 16.4 Å². The van der Waals surface area contributed by atoms with Gasteiger partial charge in [-0.3, -0.25) is 4.79 Å². The minimum atomic E-state index is -0.106. The average molecular weight is 268 g/mol. The Morgan fingerprint density at radius 2 is 2.25 bits per heavy atom. The standard InChI is InChI=1S/C15H16N4O/c1-2-3-6-13-18-12(15(20)19-13)8-10-9-17-14-11(10)5-4-7-16-14/h4-9,18H,2-3H2,1H3,(H,16,17)(H,19,20). The molecule has 0 aliphatic heterocycles. The third kappa shape index (κ3) is 2.30. The van der Waals surface area contributed by atoms with Gasteiger partial charge in [0.1, 0.15) is 16.5 Å². The topological polar surface area (TPSA) is 77.3 Å². The molecular formula is C15H16N4O. The summed E-state index contributed by atoms with van der Waals surface area (Å²) in [4.78, 5) is 25.2. The second kappa shape index (κ2) is 5.21. The van der Waals surface area contributed by atoms with Crippen molar-refractivity contribution in [2.75, 3.05) is 0 Å². The summed E-state index contributed by atoms with van der Waals surface area (Å²) in [6, 6.07) is 3.86. The molecule has 0 unspecified atom stereocenters. The number of nitrogens with one attached hydrogen (secondary N) is 3. The van der Waals surface area contributed by atoms with Crippen molar-refractivity contribution in [3.8, 4) is 0 Å². The predicted octanol–water partition coefficient (Wildman–Crippen LogP) is 0.989. The van der Waals surface area contributed by atoms with Gasteiger partial charge in [0, 0.05) is 23.3 Å². The lowest BCUT2D eigenvalue weighted by molar-refractivity contribution is 0.980. The number of aromatic nitrogens is 4. The van der Waals surface area contributed by atoms with E-state index in [9.17, 15) is 4.79 Å². The Bertz CT molecular complexity index is 898. The molecule has 0 fully saturated rings. The van der Waals surface area contributed by atoms with Crippen LogP contribution in [-0.2, 0) is 0 Å². The van der Waals surface area contributed by atoms with Gasteiger partial charge in [0.15, 0.2) is 0 Å². The molecule has 0 aromatic carbocycles. The maximum absolute atomic E-state index is 11.9. The van der Waals surface area contributed by atoms with Gasteiger partial charge in [0.05, 0.1) is 0 Å². The lowest BCUT2D eigenvalue weighted by Crippen LogP contribution is -2.22. The first kappa shape index (κ1) is 12.5. The van der Waals surface area contributed by atoms with Crippen LogP contribution in [0.3, 0.4) is 0 Å². The fourth-order valence-corrected chi connectivity index (χ4v) is 2.17. The van der Waals surface area contributed by atoms with Crippen molar-refractivity contribution in [1.82, 2.24) is 19.9 Å². The van der Waals surface area contributed by atoms with Crippen molar-refractivity contribution in [2.24, 2.45) is 0 Å². The molecule has 0 amide bonds. The zero-order chi connectivity index (χ0) is 13.9. The molecule has 0 saturated carbocycles. The van der Waals surface area contributed by atoms with Crippen molar-refractivity contribution >= 4 is 23.2 Å². The maximum Gasteiger partial charge on any atom is 0.273 e. The molecule has 3 N–H and O–H groups in total. The Morgan fingerprint density at radius 1 is 1.35 bits per heavy atom. The highest BCUT2D eigenvalue weighted by molar-refractivity contribution is 5.85. The molecule has 0 bridgehead atoms. The van der Waals surface area contributed by atoms with Crippen molar-refractivity contribution in [3.05, 3.63) is 51.3 Å². The number of fused-ring (bicyclic) bond motifs is 1. The summed E-state index contributed by atoms with van der Waals surface area (Å²) in [6.07, 6.45) is 9.41. The fraction of sp³-hybridized carbons (Fsp3) is 0.200. The Balaban J connectivity index is 2.13. The molecule has 102 valence electrons. The zero-order valence-electron chi connectivity index (χ0n) is 11.2. The van der Waals surface area contributed by atoms with Gasteiger partial charge in [0.2, 0.25) is 0 Å². The third-order valence-electron chi connectivity index (χ3n) is 3.18. The highest BCUT2D eigenvalue weighted by Gasteiger charge is 2.01. The quantitative estimate of drug-likeness (QED) is 0.662. The molecule has 3 rings (SSSR count). The Kier molecular flexibility index (Phi) is 3.25. The summed E-state index contributed by atoms with van der Waals surface area (Å²) in [6.45, 7) is 2.10. The summed E-state index contributed by atoms with van der Waals surface area (Å²) in [5.74, 6) is 0. The minimum absolute atomic E-state index is 0.106. The molecular weight excluding hydrogens is 252 g/mol. The lowest BCUT2D eigenvalue weighted by atomic mass is 10.2. The molecule has 3 aromatic rings. The van der Waals surface area contributed by atoms with Crippen LogP contribution in [-0.4, -0.2) is 19.9 Å². The molecule has 0 spiro atoms. The largest absolute Gasteiger partial charge is 0.346 e. The first-order chi connectivity index (χ1) is 9.78. The van der Waals surface area contributed by atoms with E-state index in [1.807, 2.05) is 30.5 Å². The van der Waals surface area contributed by atoms with E-state index in [2.05, 4.69) is 26.9 Å². The average Bonchev–Trinajstić information content (AvgIpc) is 3.02. The zero-order valence-corrected chi connectivity index (χ0v) is 11.2. The summed E-state index contributed by atoms with van der Waals surface area (Å²) in [5, 5.41) is 1.55. The smallest absolute Gasteiger partial charge is 0.273 e. The van der Waals surface area contributed by atoms with Gasteiger partial charge in [-0.1, -0.05) is 13.3 Å². The van der Waals surface area contributed by atoms with Gasteiger partial charge >= 0.3 is 0 Å². The first-order valence-corrected chi connectivity index (χ1v) is 6.70. The summed E-state index contributed by atoms with van der Waals surface area (Å²) in [5.41, 5.74) is 2.42.